The molecule has 0 spiro atoms. The van der Waals surface area contributed by atoms with Crippen molar-refractivity contribution < 1.29 is 9.53 Å². The van der Waals surface area contributed by atoms with Crippen LogP contribution in [0.3, 0.4) is 0 Å². The number of carbonyl (C=O) groups is 1. The first-order chi connectivity index (χ1) is 37.6. The highest BCUT2D eigenvalue weighted by Crippen LogP contribution is 2.56. The van der Waals surface area contributed by atoms with Gasteiger partial charge in [-0.15, -0.1) is 0 Å². The molecule has 0 amide bonds. The van der Waals surface area contributed by atoms with Gasteiger partial charge in [-0.3, -0.25) is 4.79 Å². The van der Waals surface area contributed by atoms with Gasteiger partial charge in [0, 0.05) is 57.8 Å². The predicted octanol–water partition coefficient (Wildman–Crippen LogP) is 19.3. The topological polar surface area (TPSA) is 34.5 Å². The number of ether oxygens (including phenoxy) is 1. The van der Waals surface area contributed by atoms with Crippen LogP contribution in [0, 0.1) is 0 Å². The first kappa shape index (κ1) is 53.4. The molecule has 0 atom stereocenters. The van der Waals surface area contributed by atoms with E-state index in [9.17, 15) is 4.79 Å². The number of anilines is 3. The summed E-state index contributed by atoms with van der Waals surface area (Å²) in [7, 11) is -2.22. The summed E-state index contributed by atoms with van der Waals surface area (Å²) < 4.78 is 8.06. The van der Waals surface area contributed by atoms with Crippen molar-refractivity contribution >= 4 is 63.3 Å². The molecule has 5 heteroatoms. The lowest BCUT2D eigenvalue weighted by Crippen LogP contribution is -2.54. The molecule has 77 heavy (non-hydrogen) atoms. The molecule has 4 nitrogen and oxygen atoms in total. The third-order valence-electron chi connectivity index (χ3n) is 17.1. The lowest BCUT2D eigenvalue weighted by Gasteiger charge is -2.33. The number of carbonyl (C=O) groups excluding carboxylic acids is 1. The summed E-state index contributed by atoms with van der Waals surface area (Å²) >= 11 is 0. The van der Waals surface area contributed by atoms with E-state index in [-0.39, 0.29) is 11.4 Å². The van der Waals surface area contributed by atoms with Crippen LogP contribution in [-0.4, -0.2) is 18.6 Å². The van der Waals surface area contributed by atoms with E-state index in [1.165, 1.54) is 174 Å². The van der Waals surface area contributed by atoms with E-state index in [2.05, 4.69) is 225 Å². The van der Waals surface area contributed by atoms with Crippen LogP contribution in [0.1, 0.15) is 134 Å². The second-order valence-corrected chi connectivity index (χ2v) is 26.8. The van der Waals surface area contributed by atoms with E-state index in [1.54, 1.807) is 0 Å². The van der Waals surface area contributed by atoms with Gasteiger partial charge in [-0.2, -0.15) is 0 Å². The Hall–Kier alpha value is -6.95. The van der Waals surface area contributed by atoms with Gasteiger partial charge in [-0.25, -0.2) is 0 Å². The summed E-state index contributed by atoms with van der Waals surface area (Å²) in [6.07, 6.45) is 17.8. The molecule has 0 N–H and O–H groups in total. The summed E-state index contributed by atoms with van der Waals surface area (Å²) in [5.41, 5.74) is 18.0. The third-order valence-corrected chi connectivity index (χ3v) is 20.7. The summed E-state index contributed by atoms with van der Waals surface area (Å²) in [4.78, 5) is 14.3. The predicted molar refractivity (Wildman–Crippen MR) is 332 cm³/mol. The van der Waals surface area contributed by atoms with Crippen molar-refractivity contribution in [2.24, 2.45) is 0 Å². The minimum atomic E-state index is -2.22. The molecule has 1 aromatic heterocycles. The quantitative estimate of drug-likeness (QED) is 0.0344. The number of aryl methyl sites for hydroxylation is 1. The zero-order chi connectivity index (χ0) is 53.4. The summed E-state index contributed by atoms with van der Waals surface area (Å²) in [6.45, 7) is 14.5. The monoisotopic (exact) mass is 1030 g/mol. The van der Waals surface area contributed by atoms with Gasteiger partial charge in [0.05, 0.1) is 0 Å². The second-order valence-electron chi connectivity index (χ2n) is 22.5. The van der Waals surface area contributed by atoms with Gasteiger partial charge < -0.3 is 14.2 Å². The Morgan fingerprint density at radius 1 is 0.494 bits per heavy atom. The fourth-order valence-electron chi connectivity index (χ4n) is 12.9. The molecule has 10 rings (SSSR count). The number of rotatable bonds is 24. The van der Waals surface area contributed by atoms with Gasteiger partial charge in [-0.05, 0) is 142 Å². The number of benzene rings is 8. The molecule has 0 radical (unpaired) electrons. The number of hydrogen-bond donors (Lipinski definition) is 0. The Morgan fingerprint density at radius 2 is 0.961 bits per heavy atom. The smallest absolute Gasteiger partial charge is 0.302 e. The first-order valence-corrected chi connectivity index (χ1v) is 32.2. The van der Waals surface area contributed by atoms with Crippen molar-refractivity contribution in [2.45, 2.75) is 149 Å². The molecule has 0 unspecified atom stereocenters. The number of esters is 1. The van der Waals surface area contributed by atoms with Crippen LogP contribution in [-0.2, 0) is 28.1 Å². The molecular formula is C72H80N2O2Si. The Labute approximate surface area is 461 Å². The van der Waals surface area contributed by atoms with Gasteiger partial charge in [0.1, 0.15) is 14.7 Å². The van der Waals surface area contributed by atoms with Crippen molar-refractivity contribution in [3.05, 3.63) is 199 Å². The number of para-hydroxylation sites is 2. The first-order valence-electron chi connectivity index (χ1n) is 29.2. The van der Waals surface area contributed by atoms with Crippen LogP contribution >= 0.6 is 0 Å². The van der Waals surface area contributed by atoms with E-state index in [0.717, 1.165) is 29.2 Å². The van der Waals surface area contributed by atoms with Crippen molar-refractivity contribution in [1.29, 1.82) is 0 Å². The van der Waals surface area contributed by atoms with Gasteiger partial charge in [0.25, 0.3) is 0 Å². The Kier molecular flexibility index (Phi) is 16.8. The maximum atomic E-state index is 11.9. The molecule has 1 aliphatic carbocycles. The summed E-state index contributed by atoms with van der Waals surface area (Å²) in [5.74, 6) is -0.250. The average molecular weight is 1030 g/mol. The maximum Gasteiger partial charge on any atom is 0.302 e. The van der Waals surface area contributed by atoms with E-state index in [4.69, 9.17) is 4.74 Å². The van der Waals surface area contributed by atoms with Crippen LogP contribution < -0.4 is 15.3 Å². The number of fused-ring (bicyclic) bond motifs is 6. The maximum absolute atomic E-state index is 11.9. The molecule has 1 heterocycles. The fraction of sp³-hybridized carbons (Fsp3) is 0.319. The largest absolute Gasteiger partial charge is 0.461 e. The number of nitrogens with zero attached hydrogens (tertiary/aromatic N) is 2. The van der Waals surface area contributed by atoms with E-state index in [1.807, 2.05) is 0 Å². The molecule has 9 aromatic rings. The number of aromatic nitrogens is 1. The van der Waals surface area contributed by atoms with E-state index in [0.29, 0.717) is 6.61 Å². The molecule has 1 aliphatic rings. The molecular weight excluding hydrogens is 953 g/mol. The highest BCUT2D eigenvalue weighted by molar-refractivity contribution is 7.00. The van der Waals surface area contributed by atoms with Crippen molar-refractivity contribution in [2.75, 3.05) is 4.90 Å². The van der Waals surface area contributed by atoms with Gasteiger partial charge in [0.15, 0.2) is 0 Å². The van der Waals surface area contributed by atoms with E-state index < -0.39 is 8.07 Å². The van der Waals surface area contributed by atoms with Crippen LogP contribution in [0.25, 0.3) is 55.2 Å². The van der Waals surface area contributed by atoms with Crippen molar-refractivity contribution in [1.82, 2.24) is 4.57 Å². The second kappa shape index (κ2) is 24.2. The lowest BCUT2D eigenvalue weighted by atomic mass is 9.70. The normalized spacial score (nSPS) is 12.8. The van der Waals surface area contributed by atoms with Gasteiger partial charge in [0.2, 0.25) is 0 Å². The number of hydrogen-bond acceptors (Lipinski definition) is 3. The van der Waals surface area contributed by atoms with E-state index >= 15 is 0 Å². The average Bonchev–Trinajstić information content (AvgIpc) is 3.98. The molecule has 0 saturated heterocycles. The highest BCUT2D eigenvalue weighted by atomic mass is 28.3. The minimum absolute atomic E-state index is 0.0806. The molecule has 0 saturated carbocycles. The fourth-order valence-corrected chi connectivity index (χ4v) is 15.7. The van der Waals surface area contributed by atoms with Crippen molar-refractivity contribution in [3.8, 4) is 33.4 Å². The number of unbranched alkanes of at least 4 members (excludes halogenated alkanes) is 10. The standard InChI is InChI=1S/C72H80N2O2Si/c1-7-10-12-14-16-26-46-72(47-27-17-15-13-11-8-2)67-49-56(54-34-39-61(40-35-54)74(59-29-20-18-21-30-59)60-31-22-19-23-32-60)36-42-63(67)64-43-37-57(50-68(64)72)55-38-44-69-65(48-55)66-51-62(41-45-70(66)73(69)9-3)77(5,6)71-33-25-24-28-58(71)52-76-53(4)75/h18-25,28-45,48-51H,7-17,26-27,46-47,52H2,1-6H3. The van der Waals surface area contributed by atoms with Gasteiger partial charge >= 0.3 is 5.97 Å². The molecule has 0 aliphatic heterocycles. The molecule has 394 valence electrons. The molecule has 0 fully saturated rings. The van der Waals surface area contributed by atoms with Crippen molar-refractivity contribution in [3.63, 3.8) is 0 Å². The Bertz CT molecular complexity index is 3390. The highest BCUT2D eigenvalue weighted by Gasteiger charge is 2.43. The molecule has 8 aromatic carbocycles. The Morgan fingerprint density at radius 3 is 1.53 bits per heavy atom. The zero-order valence-corrected chi connectivity index (χ0v) is 47.8. The summed E-state index contributed by atoms with van der Waals surface area (Å²) in [5, 5.41) is 5.30. The van der Waals surface area contributed by atoms with Crippen LogP contribution in [0.5, 0.6) is 0 Å². The van der Waals surface area contributed by atoms with Gasteiger partial charge in [-0.1, -0.05) is 224 Å². The Balaban J connectivity index is 1.06. The third kappa shape index (κ3) is 11.1. The lowest BCUT2D eigenvalue weighted by molar-refractivity contribution is -0.142. The van der Waals surface area contributed by atoms with Crippen LogP contribution in [0.15, 0.2) is 182 Å². The van der Waals surface area contributed by atoms with Crippen LogP contribution in [0.2, 0.25) is 13.1 Å². The SMILES string of the molecule is CCCCCCCCC1(CCCCCCCC)c2cc(-c3ccc(N(c4ccccc4)c4ccccc4)cc3)ccc2-c2ccc(-c3ccc4c(c3)c3cc([Si](C)(C)c5ccccc5COC(C)=O)ccc3n4CC)cc21. The molecule has 0 bridgehead atoms. The van der Waals surface area contributed by atoms with Crippen LogP contribution in [0.4, 0.5) is 17.1 Å². The minimum Gasteiger partial charge on any atom is -0.461 e. The zero-order valence-electron chi connectivity index (χ0n) is 46.8. The summed E-state index contributed by atoms with van der Waals surface area (Å²) in [6, 6.07) is 68.7.